The zero-order valence-corrected chi connectivity index (χ0v) is 10.1. The van der Waals surface area contributed by atoms with E-state index in [1.165, 1.54) is 0 Å². The minimum absolute atomic E-state index is 0.0772. The van der Waals surface area contributed by atoms with E-state index in [1.54, 1.807) is 0 Å². The number of rotatable bonds is 2. The van der Waals surface area contributed by atoms with Crippen molar-refractivity contribution in [1.82, 2.24) is 0 Å². The molecule has 4 nitrogen and oxygen atoms in total. The maximum Gasteiger partial charge on any atom is 0.309 e. The average Bonchev–Trinajstić information content (AvgIpc) is 3.11. The molecule has 17 heavy (non-hydrogen) atoms. The lowest BCUT2D eigenvalue weighted by molar-refractivity contribution is -0.166. The van der Waals surface area contributed by atoms with Crippen LogP contribution in [0.4, 0.5) is 0 Å². The Morgan fingerprint density at radius 3 is 2.41 bits per heavy atom. The van der Waals surface area contributed by atoms with Gasteiger partial charge in [0, 0.05) is 19.8 Å². The first kappa shape index (κ1) is 11.5. The van der Waals surface area contributed by atoms with Crippen molar-refractivity contribution in [2.24, 2.45) is 11.3 Å². The third kappa shape index (κ3) is 1.87. The Balaban J connectivity index is 1.73. The molecule has 3 aliphatic rings. The smallest absolute Gasteiger partial charge is 0.309 e. The van der Waals surface area contributed by atoms with E-state index in [4.69, 9.17) is 9.47 Å². The van der Waals surface area contributed by atoms with Crippen LogP contribution >= 0.6 is 0 Å². The van der Waals surface area contributed by atoms with Crippen LogP contribution in [0.15, 0.2) is 0 Å². The van der Waals surface area contributed by atoms with Gasteiger partial charge in [0.15, 0.2) is 0 Å². The van der Waals surface area contributed by atoms with Crippen LogP contribution in [0.25, 0.3) is 0 Å². The number of hydrogen-bond donors (Lipinski definition) is 1. The van der Waals surface area contributed by atoms with Gasteiger partial charge in [-0.3, -0.25) is 4.79 Å². The molecule has 0 aromatic rings. The van der Waals surface area contributed by atoms with Gasteiger partial charge in [-0.25, -0.2) is 0 Å². The van der Waals surface area contributed by atoms with Gasteiger partial charge in [0.05, 0.1) is 11.0 Å². The first-order valence-corrected chi connectivity index (χ1v) is 6.62. The summed E-state index contributed by atoms with van der Waals surface area (Å²) < 4.78 is 11.4. The first-order chi connectivity index (χ1) is 8.17. The third-order valence-corrected chi connectivity index (χ3v) is 4.89. The molecule has 0 radical (unpaired) electrons. The molecule has 0 aromatic heterocycles. The molecular formula is C13H20O4. The minimum Gasteiger partial charge on any atom is -0.481 e. The molecule has 2 saturated heterocycles. The Morgan fingerprint density at radius 2 is 1.82 bits per heavy atom. The molecule has 2 heterocycles. The molecule has 1 aliphatic carbocycles. The molecule has 4 heteroatoms. The average molecular weight is 240 g/mol. The van der Waals surface area contributed by atoms with Crippen LogP contribution in [-0.2, 0) is 14.3 Å². The van der Waals surface area contributed by atoms with Crippen molar-refractivity contribution in [1.29, 1.82) is 0 Å². The molecule has 1 unspecified atom stereocenters. The van der Waals surface area contributed by atoms with Gasteiger partial charge in [-0.2, -0.15) is 0 Å². The first-order valence-electron chi connectivity index (χ1n) is 6.62. The maximum atomic E-state index is 11.4. The predicted octanol–water partition coefficient (Wildman–Crippen LogP) is 1.83. The second-order valence-corrected chi connectivity index (χ2v) is 5.79. The number of carbonyl (C=O) groups is 1. The summed E-state index contributed by atoms with van der Waals surface area (Å²) in [6.45, 7) is 2.24. The summed E-state index contributed by atoms with van der Waals surface area (Å²) in [5.74, 6) is -0.279. The summed E-state index contributed by atoms with van der Waals surface area (Å²) in [5.41, 5.74) is -0.485. The van der Waals surface area contributed by atoms with Crippen molar-refractivity contribution in [3.63, 3.8) is 0 Å². The Morgan fingerprint density at radius 1 is 1.12 bits per heavy atom. The fourth-order valence-electron chi connectivity index (χ4n) is 3.52. The van der Waals surface area contributed by atoms with E-state index in [0.29, 0.717) is 5.92 Å². The van der Waals surface area contributed by atoms with Gasteiger partial charge < -0.3 is 14.6 Å². The third-order valence-electron chi connectivity index (χ3n) is 4.89. The molecule has 1 atom stereocenters. The largest absolute Gasteiger partial charge is 0.481 e. The molecule has 1 saturated carbocycles. The lowest BCUT2D eigenvalue weighted by Gasteiger charge is -2.44. The molecular weight excluding hydrogens is 220 g/mol. The van der Waals surface area contributed by atoms with Crippen LogP contribution in [0.5, 0.6) is 0 Å². The van der Waals surface area contributed by atoms with Crippen LogP contribution < -0.4 is 0 Å². The van der Waals surface area contributed by atoms with Crippen LogP contribution in [0.3, 0.4) is 0 Å². The van der Waals surface area contributed by atoms with Gasteiger partial charge in [-0.05, 0) is 44.4 Å². The summed E-state index contributed by atoms with van der Waals surface area (Å²) in [5, 5.41) is 9.38. The van der Waals surface area contributed by atoms with E-state index in [2.05, 4.69) is 0 Å². The van der Waals surface area contributed by atoms with Gasteiger partial charge in [0.2, 0.25) is 0 Å². The lowest BCUT2D eigenvalue weighted by Crippen LogP contribution is -2.47. The summed E-state index contributed by atoms with van der Waals surface area (Å²) >= 11 is 0. The Hall–Kier alpha value is -0.610. The predicted molar refractivity (Wildman–Crippen MR) is 60.8 cm³/mol. The van der Waals surface area contributed by atoms with Crippen molar-refractivity contribution in [3.8, 4) is 0 Å². The summed E-state index contributed by atoms with van der Waals surface area (Å²) in [7, 11) is 0. The topological polar surface area (TPSA) is 55.8 Å². The fourth-order valence-corrected chi connectivity index (χ4v) is 3.52. The molecule has 96 valence electrons. The van der Waals surface area contributed by atoms with Gasteiger partial charge in [-0.1, -0.05) is 0 Å². The van der Waals surface area contributed by atoms with Crippen molar-refractivity contribution >= 4 is 5.97 Å². The quantitative estimate of drug-likeness (QED) is 0.800. The van der Waals surface area contributed by atoms with E-state index in [-0.39, 0.29) is 5.60 Å². The van der Waals surface area contributed by atoms with Gasteiger partial charge in [0.25, 0.3) is 0 Å². The monoisotopic (exact) mass is 240 g/mol. The molecule has 0 amide bonds. The highest BCUT2D eigenvalue weighted by atomic mass is 16.5. The summed E-state index contributed by atoms with van der Waals surface area (Å²) in [6, 6.07) is 0. The van der Waals surface area contributed by atoms with E-state index < -0.39 is 11.4 Å². The number of carboxylic acids is 1. The number of carboxylic acid groups (broad SMARTS) is 1. The molecule has 0 bridgehead atoms. The second-order valence-electron chi connectivity index (χ2n) is 5.79. The molecule has 3 rings (SSSR count). The molecule has 1 N–H and O–H groups in total. The minimum atomic E-state index is -0.591. The van der Waals surface area contributed by atoms with Gasteiger partial charge in [-0.15, -0.1) is 0 Å². The van der Waals surface area contributed by atoms with Crippen LogP contribution in [0.1, 0.15) is 38.5 Å². The van der Waals surface area contributed by atoms with Crippen LogP contribution in [0.2, 0.25) is 0 Å². The fraction of sp³-hybridized carbons (Fsp3) is 0.923. The van der Waals surface area contributed by atoms with Crippen molar-refractivity contribution < 1.29 is 19.4 Å². The van der Waals surface area contributed by atoms with Gasteiger partial charge in [0.1, 0.15) is 0 Å². The Labute approximate surface area is 101 Å². The van der Waals surface area contributed by atoms with Crippen molar-refractivity contribution in [2.45, 2.75) is 44.1 Å². The normalized spacial score (nSPS) is 34.5. The zero-order chi connectivity index (χ0) is 11.9. The van der Waals surface area contributed by atoms with Crippen LogP contribution in [0, 0.1) is 11.3 Å². The number of aliphatic carboxylic acids is 1. The molecule has 1 spiro atoms. The number of hydrogen-bond acceptors (Lipinski definition) is 3. The summed E-state index contributed by atoms with van der Waals surface area (Å²) in [4.78, 5) is 11.4. The van der Waals surface area contributed by atoms with Crippen molar-refractivity contribution in [2.75, 3.05) is 19.8 Å². The Bertz CT molecular complexity index is 310. The molecule has 3 fully saturated rings. The standard InChI is InChI=1S/C13H20O4/c14-11(15)13(2-3-13)10-1-6-17-12(9-10)4-7-16-8-5-12/h10H,1-9H2,(H,14,15). The second kappa shape index (κ2) is 3.95. The molecule has 0 aromatic carbocycles. The van der Waals surface area contributed by atoms with Crippen molar-refractivity contribution in [3.05, 3.63) is 0 Å². The highest BCUT2D eigenvalue weighted by Crippen LogP contribution is 2.57. The SMILES string of the molecule is O=C(O)C1(C2CCOC3(CCOCC3)C2)CC1. The maximum absolute atomic E-state index is 11.4. The van der Waals surface area contributed by atoms with E-state index in [1.807, 2.05) is 0 Å². The zero-order valence-electron chi connectivity index (χ0n) is 10.1. The number of ether oxygens (including phenoxy) is 2. The van der Waals surface area contributed by atoms with E-state index in [9.17, 15) is 9.90 Å². The lowest BCUT2D eigenvalue weighted by atomic mass is 9.73. The summed E-state index contributed by atoms with van der Waals surface area (Å²) in [6.07, 6.45) is 5.41. The Kier molecular flexibility index (Phi) is 2.67. The molecule has 2 aliphatic heterocycles. The van der Waals surface area contributed by atoms with E-state index in [0.717, 1.165) is 58.3 Å². The highest BCUT2D eigenvalue weighted by molar-refractivity contribution is 5.78. The van der Waals surface area contributed by atoms with E-state index >= 15 is 0 Å². The van der Waals surface area contributed by atoms with Crippen LogP contribution in [-0.4, -0.2) is 36.5 Å². The van der Waals surface area contributed by atoms with Gasteiger partial charge >= 0.3 is 5.97 Å². The highest BCUT2D eigenvalue weighted by Gasteiger charge is 2.58.